The monoisotopic (exact) mass is 250 g/mol. The molecule has 0 atom stereocenters. The Hall–Kier alpha value is -0.390. The fourth-order valence-corrected chi connectivity index (χ4v) is 0.710. The van der Waals surface area contributed by atoms with Crippen LogP contribution < -0.4 is 4.74 Å². The predicted octanol–water partition coefficient (Wildman–Crippen LogP) is 1.29. The van der Waals surface area contributed by atoms with Crippen LogP contribution in [-0.4, -0.2) is 21.0 Å². The van der Waals surface area contributed by atoms with Crippen molar-refractivity contribution in [3.8, 4) is 6.01 Å². The molecule has 54 valence electrons. The highest BCUT2D eigenvalue weighted by Crippen LogP contribution is 1.97. The van der Waals surface area contributed by atoms with E-state index in [1.54, 1.807) is 18.5 Å². The summed E-state index contributed by atoms with van der Waals surface area (Å²) in [5, 5.41) is 0. The highest BCUT2D eigenvalue weighted by atomic mass is 127. The molecule has 0 unspecified atom stereocenters. The summed E-state index contributed by atoms with van der Waals surface area (Å²) < 4.78 is 6.08. The Bertz CT molecular complexity index is 180. The smallest absolute Gasteiger partial charge is 0.316 e. The molecule has 10 heavy (non-hydrogen) atoms. The molecule has 3 nitrogen and oxygen atoms in total. The average Bonchev–Trinajstić information content (AvgIpc) is 2.03. The van der Waals surface area contributed by atoms with E-state index in [1.165, 1.54) is 0 Å². The van der Waals surface area contributed by atoms with E-state index in [1.807, 2.05) is 0 Å². The minimum Gasteiger partial charge on any atom is -0.463 e. The van der Waals surface area contributed by atoms with Gasteiger partial charge in [0.05, 0.1) is 0 Å². The molecule has 4 heteroatoms. The maximum absolute atomic E-state index is 5.13. The van der Waals surface area contributed by atoms with Gasteiger partial charge in [-0.3, -0.25) is 0 Å². The average molecular weight is 250 g/mol. The third-order valence-electron chi connectivity index (χ3n) is 0.850. The number of hydrogen-bond acceptors (Lipinski definition) is 3. The summed E-state index contributed by atoms with van der Waals surface area (Å²) in [4.78, 5) is 7.76. The van der Waals surface area contributed by atoms with E-state index in [0.717, 1.165) is 4.43 Å². The van der Waals surface area contributed by atoms with Gasteiger partial charge in [0.1, 0.15) is 6.61 Å². The Kier molecular flexibility index (Phi) is 3.42. The van der Waals surface area contributed by atoms with Crippen LogP contribution in [0.1, 0.15) is 0 Å². The number of hydrogen-bond donors (Lipinski definition) is 0. The van der Waals surface area contributed by atoms with Crippen LogP contribution >= 0.6 is 22.6 Å². The normalized spacial score (nSPS) is 9.30. The summed E-state index contributed by atoms with van der Waals surface area (Å²) in [5.74, 6) is 0. The first-order chi connectivity index (χ1) is 4.93. The van der Waals surface area contributed by atoms with E-state index in [0.29, 0.717) is 12.6 Å². The second-order valence-electron chi connectivity index (χ2n) is 1.57. The van der Waals surface area contributed by atoms with Crippen LogP contribution in [0.2, 0.25) is 0 Å². The van der Waals surface area contributed by atoms with E-state index in [9.17, 15) is 0 Å². The SMILES string of the molecule is ICCOc1ncccn1. The van der Waals surface area contributed by atoms with Gasteiger partial charge in [0.25, 0.3) is 0 Å². The number of nitrogens with zero attached hydrogens (tertiary/aromatic N) is 2. The minimum absolute atomic E-state index is 0.458. The summed E-state index contributed by atoms with van der Waals surface area (Å²) in [6.07, 6.45) is 3.32. The molecule has 1 aromatic heterocycles. The molecule has 0 aliphatic rings. The van der Waals surface area contributed by atoms with Crippen molar-refractivity contribution in [2.75, 3.05) is 11.0 Å². The molecule has 0 fully saturated rings. The second kappa shape index (κ2) is 4.43. The van der Waals surface area contributed by atoms with Crippen molar-refractivity contribution in [2.45, 2.75) is 0 Å². The van der Waals surface area contributed by atoms with Crippen LogP contribution in [0.15, 0.2) is 18.5 Å². The lowest BCUT2D eigenvalue weighted by Crippen LogP contribution is -2.00. The standard InChI is InChI=1S/C6H7IN2O/c7-2-5-10-6-8-3-1-4-9-6/h1,3-4H,2,5H2. The third kappa shape index (κ3) is 2.47. The van der Waals surface area contributed by atoms with E-state index < -0.39 is 0 Å². The molecule has 1 rings (SSSR count). The van der Waals surface area contributed by atoms with Gasteiger partial charge in [0.15, 0.2) is 0 Å². The molecular weight excluding hydrogens is 243 g/mol. The summed E-state index contributed by atoms with van der Waals surface area (Å²) in [5.41, 5.74) is 0. The Balaban J connectivity index is 2.43. The Morgan fingerprint density at radius 3 is 2.70 bits per heavy atom. The van der Waals surface area contributed by atoms with Gasteiger partial charge in [-0.1, -0.05) is 22.6 Å². The quantitative estimate of drug-likeness (QED) is 0.599. The van der Waals surface area contributed by atoms with E-state index >= 15 is 0 Å². The zero-order valence-electron chi connectivity index (χ0n) is 5.33. The van der Waals surface area contributed by atoms with Crippen molar-refractivity contribution in [2.24, 2.45) is 0 Å². The molecule has 0 aliphatic carbocycles. The Morgan fingerprint density at radius 2 is 2.10 bits per heavy atom. The number of aromatic nitrogens is 2. The van der Waals surface area contributed by atoms with Gasteiger partial charge in [0, 0.05) is 16.8 Å². The largest absolute Gasteiger partial charge is 0.463 e. The molecule has 0 saturated carbocycles. The third-order valence-corrected chi connectivity index (χ3v) is 1.29. The topological polar surface area (TPSA) is 35.0 Å². The lowest BCUT2D eigenvalue weighted by molar-refractivity contribution is 0.318. The number of ether oxygens (including phenoxy) is 1. The lowest BCUT2D eigenvalue weighted by atomic mass is 10.7. The molecule has 0 bridgehead atoms. The van der Waals surface area contributed by atoms with Crippen molar-refractivity contribution in [1.82, 2.24) is 9.97 Å². The van der Waals surface area contributed by atoms with Gasteiger partial charge in [-0.2, -0.15) is 0 Å². The maximum atomic E-state index is 5.13. The van der Waals surface area contributed by atoms with Crippen molar-refractivity contribution >= 4 is 22.6 Å². The van der Waals surface area contributed by atoms with Crippen molar-refractivity contribution in [3.63, 3.8) is 0 Å². The summed E-state index contributed by atoms with van der Waals surface area (Å²) >= 11 is 2.23. The Labute approximate surface area is 73.0 Å². The van der Waals surface area contributed by atoms with Gasteiger partial charge < -0.3 is 4.74 Å². The first-order valence-electron chi connectivity index (χ1n) is 2.89. The van der Waals surface area contributed by atoms with Crippen LogP contribution in [0.25, 0.3) is 0 Å². The van der Waals surface area contributed by atoms with Gasteiger partial charge in [0.2, 0.25) is 0 Å². The van der Waals surface area contributed by atoms with Crippen molar-refractivity contribution < 1.29 is 4.74 Å². The maximum Gasteiger partial charge on any atom is 0.316 e. The van der Waals surface area contributed by atoms with Gasteiger partial charge in [-0.25, -0.2) is 9.97 Å². The fraction of sp³-hybridized carbons (Fsp3) is 0.333. The number of rotatable bonds is 3. The Morgan fingerprint density at radius 1 is 1.40 bits per heavy atom. The van der Waals surface area contributed by atoms with E-state index in [2.05, 4.69) is 32.6 Å². The van der Waals surface area contributed by atoms with Crippen LogP contribution in [-0.2, 0) is 0 Å². The van der Waals surface area contributed by atoms with Gasteiger partial charge in [-0.05, 0) is 6.07 Å². The summed E-state index contributed by atoms with van der Waals surface area (Å²) in [7, 11) is 0. The predicted molar refractivity (Wildman–Crippen MR) is 46.4 cm³/mol. The van der Waals surface area contributed by atoms with Crippen molar-refractivity contribution in [3.05, 3.63) is 18.5 Å². The highest BCUT2D eigenvalue weighted by Gasteiger charge is 1.90. The molecule has 0 aromatic carbocycles. The lowest BCUT2D eigenvalue weighted by Gasteiger charge is -1.98. The van der Waals surface area contributed by atoms with Gasteiger partial charge >= 0.3 is 6.01 Å². The van der Waals surface area contributed by atoms with Crippen molar-refractivity contribution in [1.29, 1.82) is 0 Å². The minimum atomic E-state index is 0.458. The molecule has 0 amide bonds. The van der Waals surface area contributed by atoms with Crippen LogP contribution in [0, 0.1) is 0 Å². The van der Waals surface area contributed by atoms with E-state index in [-0.39, 0.29) is 0 Å². The molecule has 0 saturated heterocycles. The second-order valence-corrected chi connectivity index (χ2v) is 2.65. The summed E-state index contributed by atoms with van der Waals surface area (Å²) in [6.45, 7) is 0.671. The zero-order chi connectivity index (χ0) is 7.23. The molecule has 0 N–H and O–H groups in total. The fourth-order valence-electron chi connectivity index (χ4n) is 0.490. The highest BCUT2D eigenvalue weighted by molar-refractivity contribution is 14.1. The summed E-state index contributed by atoms with van der Waals surface area (Å²) in [6, 6.07) is 2.22. The van der Waals surface area contributed by atoms with E-state index in [4.69, 9.17) is 4.74 Å². The first kappa shape index (κ1) is 7.71. The molecule has 0 spiro atoms. The van der Waals surface area contributed by atoms with Crippen LogP contribution in [0.5, 0.6) is 6.01 Å². The number of halogens is 1. The molecule has 1 heterocycles. The molecular formula is C6H7IN2O. The molecule has 0 radical (unpaired) electrons. The first-order valence-corrected chi connectivity index (χ1v) is 4.42. The van der Waals surface area contributed by atoms with Crippen LogP contribution in [0.3, 0.4) is 0 Å². The molecule has 0 aliphatic heterocycles. The van der Waals surface area contributed by atoms with Gasteiger partial charge in [-0.15, -0.1) is 0 Å². The molecule has 1 aromatic rings. The zero-order valence-corrected chi connectivity index (χ0v) is 7.48. The number of alkyl halides is 1. The van der Waals surface area contributed by atoms with Crippen LogP contribution in [0.4, 0.5) is 0 Å².